The van der Waals surface area contributed by atoms with Gasteiger partial charge in [0.15, 0.2) is 0 Å². The molecule has 5 nitrogen and oxygen atoms in total. The number of nitrogens with two attached hydrogens (primary N) is 1. The van der Waals surface area contributed by atoms with E-state index >= 15 is 0 Å². The average molecular weight is 398 g/mol. The van der Waals surface area contributed by atoms with Crippen molar-refractivity contribution < 1.29 is 9.90 Å². The van der Waals surface area contributed by atoms with Gasteiger partial charge in [-0.1, -0.05) is 49.2 Å². The van der Waals surface area contributed by atoms with E-state index in [-0.39, 0.29) is 11.7 Å². The number of nitrogens with zero attached hydrogens (tertiary/aromatic N) is 1. The van der Waals surface area contributed by atoms with Crippen LogP contribution >= 0.6 is 11.6 Å². The molecule has 1 atom stereocenters. The van der Waals surface area contributed by atoms with Gasteiger partial charge in [-0.3, -0.25) is 9.78 Å². The first-order valence-corrected chi connectivity index (χ1v) is 9.77. The zero-order valence-electron chi connectivity index (χ0n) is 15.8. The molecular weight excluding hydrogens is 374 g/mol. The van der Waals surface area contributed by atoms with Crippen molar-refractivity contribution in [1.82, 2.24) is 10.3 Å². The number of aromatic hydroxyl groups is 1. The highest BCUT2D eigenvalue weighted by molar-refractivity contribution is 6.35. The van der Waals surface area contributed by atoms with Gasteiger partial charge in [0.25, 0.3) is 0 Å². The molecule has 0 bridgehead atoms. The Morgan fingerprint density at radius 2 is 2.04 bits per heavy atom. The van der Waals surface area contributed by atoms with Crippen LogP contribution in [0, 0.1) is 0 Å². The van der Waals surface area contributed by atoms with Gasteiger partial charge in [0, 0.05) is 30.1 Å². The maximum atomic E-state index is 12.5. The predicted molar refractivity (Wildman–Crippen MR) is 112 cm³/mol. The van der Waals surface area contributed by atoms with Crippen LogP contribution in [0.2, 0.25) is 5.02 Å². The highest BCUT2D eigenvalue weighted by Gasteiger charge is 2.23. The Balaban J connectivity index is 2.08. The van der Waals surface area contributed by atoms with Gasteiger partial charge in [0.1, 0.15) is 11.3 Å². The summed E-state index contributed by atoms with van der Waals surface area (Å²) < 4.78 is 0. The van der Waals surface area contributed by atoms with Gasteiger partial charge in [-0.05, 0) is 35.7 Å². The van der Waals surface area contributed by atoms with Crippen molar-refractivity contribution in [2.75, 3.05) is 0 Å². The van der Waals surface area contributed by atoms with Crippen molar-refractivity contribution in [1.29, 1.82) is 0 Å². The SMILES string of the molecule is CCCCC(=O)NC(c1ccc(CN)cc1)c1cc(Cl)c2cccnc2c1O. The van der Waals surface area contributed by atoms with Crippen molar-refractivity contribution >= 4 is 28.4 Å². The zero-order chi connectivity index (χ0) is 20.1. The van der Waals surface area contributed by atoms with Crippen LogP contribution in [0.1, 0.15) is 48.9 Å². The summed E-state index contributed by atoms with van der Waals surface area (Å²) in [6.45, 7) is 2.47. The maximum Gasteiger partial charge on any atom is 0.220 e. The largest absolute Gasteiger partial charge is 0.505 e. The third-order valence-electron chi connectivity index (χ3n) is 4.77. The number of fused-ring (bicyclic) bond motifs is 1. The van der Waals surface area contributed by atoms with Gasteiger partial charge in [-0.15, -0.1) is 0 Å². The molecule has 0 aliphatic rings. The molecule has 0 spiro atoms. The van der Waals surface area contributed by atoms with E-state index in [4.69, 9.17) is 17.3 Å². The molecule has 0 aliphatic heterocycles. The van der Waals surface area contributed by atoms with Gasteiger partial charge in [-0.25, -0.2) is 0 Å². The topological polar surface area (TPSA) is 88.2 Å². The molecule has 0 saturated carbocycles. The normalized spacial score (nSPS) is 12.1. The molecule has 1 amide bonds. The van der Waals surface area contributed by atoms with Gasteiger partial charge >= 0.3 is 0 Å². The molecule has 1 heterocycles. The molecular formula is C22H24ClN3O2. The third kappa shape index (κ3) is 4.26. The van der Waals surface area contributed by atoms with E-state index in [0.29, 0.717) is 34.5 Å². The van der Waals surface area contributed by atoms with Gasteiger partial charge in [0.2, 0.25) is 5.91 Å². The molecule has 4 N–H and O–H groups in total. The lowest BCUT2D eigenvalue weighted by Gasteiger charge is -2.22. The number of aromatic nitrogens is 1. The van der Waals surface area contributed by atoms with E-state index in [1.54, 1.807) is 24.4 Å². The Bertz CT molecular complexity index is 973. The summed E-state index contributed by atoms with van der Waals surface area (Å²) in [6.07, 6.45) is 3.76. The second-order valence-corrected chi connectivity index (χ2v) is 7.15. The number of benzene rings is 2. The molecule has 0 radical (unpaired) electrons. The van der Waals surface area contributed by atoms with Crippen molar-refractivity contribution in [2.45, 2.75) is 38.8 Å². The molecule has 0 fully saturated rings. The Labute approximate surface area is 169 Å². The van der Waals surface area contributed by atoms with Crippen LogP contribution in [0.15, 0.2) is 48.7 Å². The predicted octanol–water partition coefficient (Wildman–Crippen LogP) is 4.45. The lowest BCUT2D eigenvalue weighted by Crippen LogP contribution is -2.29. The molecule has 0 saturated heterocycles. The zero-order valence-corrected chi connectivity index (χ0v) is 16.5. The molecule has 2 aromatic carbocycles. The van der Waals surface area contributed by atoms with E-state index in [2.05, 4.69) is 10.3 Å². The van der Waals surface area contributed by atoms with Crippen LogP contribution in [-0.2, 0) is 11.3 Å². The summed E-state index contributed by atoms with van der Waals surface area (Å²) >= 11 is 6.45. The quantitative estimate of drug-likeness (QED) is 0.549. The summed E-state index contributed by atoms with van der Waals surface area (Å²) in [4.78, 5) is 16.8. The number of carbonyl (C=O) groups is 1. The summed E-state index contributed by atoms with van der Waals surface area (Å²) in [5.74, 6) is -0.0601. The Kier molecular flexibility index (Phi) is 6.49. The number of nitrogens with one attached hydrogen (secondary N) is 1. The summed E-state index contributed by atoms with van der Waals surface area (Å²) in [5.41, 5.74) is 8.45. The lowest BCUT2D eigenvalue weighted by atomic mass is 9.95. The van der Waals surface area contributed by atoms with Crippen LogP contribution in [0.4, 0.5) is 0 Å². The molecule has 1 aromatic heterocycles. The minimum Gasteiger partial charge on any atom is -0.505 e. The minimum absolute atomic E-state index is 0.0173. The van der Waals surface area contributed by atoms with E-state index in [0.717, 1.165) is 24.0 Å². The van der Waals surface area contributed by atoms with Gasteiger partial charge < -0.3 is 16.2 Å². The first kappa shape index (κ1) is 20.1. The summed E-state index contributed by atoms with van der Waals surface area (Å²) in [6, 6.07) is 12.4. The second kappa shape index (κ2) is 9.04. The van der Waals surface area contributed by atoms with E-state index in [9.17, 15) is 9.90 Å². The maximum absolute atomic E-state index is 12.5. The number of unbranched alkanes of at least 4 members (excludes halogenated alkanes) is 1. The number of halogens is 1. The average Bonchev–Trinajstić information content (AvgIpc) is 2.73. The fraction of sp³-hybridized carbons (Fsp3) is 0.273. The smallest absolute Gasteiger partial charge is 0.220 e. The first-order chi connectivity index (χ1) is 13.5. The molecule has 146 valence electrons. The molecule has 6 heteroatoms. The number of phenols is 1. The molecule has 1 unspecified atom stereocenters. The van der Waals surface area contributed by atoms with Crippen molar-refractivity contribution in [3.8, 4) is 5.75 Å². The second-order valence-electron chi connectivity index (χ2n) is 6.75. The number of carbonyl (C=O) groups excluding carboxylic acids is 1. The fourth-order valence-electron chi connectivity index (χ4n) is 3.18. The molecule has 28 heavy (non-hydrogen) atoms. The number of hydrogen-bond donors (Lipinski definition) is 3. The highest BCUT2D eigenvalue weighted by atomic mass is 35.5. The lowest BCUT2D eigenvalue weighted by molar-refractivity contribution is -0.121. The van der Waals surface area contributed by atoms with Crippen LogP contribution in [0.5, 0.6) is 5.75 Å². The summed E-state index contributed by atoms with van der Waals surface area (Å²) in [5, 5.41) is 15.1. The standard InChI is InChI=1S/C22H24ClN3O2/c1-2-3-6-19(27)26-20(15-9-7-14(13-24)8-10-15)17-12-18(23)16-5-4-11-25-21(16)22(17)28/h4-5,7-12,20,28H,2-3,6,13,24H2,1H3,(H,26,27). The van der Waals surface area contributed by atoms with E-state index in [1.807, 2.05) is 31.2 Å². The molecule has 3 rings (SSSR count). The molecule has 0 aliphatic carbocycles. The number of hydrogen-bond acceptors (Lipinski definition) is 4. The Hall–Kier alpha value is -2.63. The van der Waals surface area contributed by atoms with Gasteiger partial charge in [0.05, 0.1) is 11.1 Å². The van der Waals surface area contributed by atoms with Crippen LogP contribution in [0.25, 0.3) is 10.9 Å². The number of amides is 1. The van der Waals surface area contributed by atoms with Crippen molar-refractivity contribution in [3.63, 3.8) is 0 Å². The highest BCUT2D eigenvalue weighted by Crippen LogP contribution is 2.38. The van der Waals surface area contributed by atoms with Crippen LogP contribution < -0.4 is 11.1 Å². The number of pyridine rings is 1. The third-order valence-corrected chi connectivity index (χ3v) is 5.08. The van der Waals surface area contributed by atoms with Crippen molar-refractivity contribution in [2.24, 2.45) is 5.73 Å². The van der Waals surface area contributed by atoms with Crippen molar-refractivity contribution in [3.05, 3.63) is 70.4 Å². The van der Waals surface area contributed by atoms with Crippen LogP contribution in [-0.4, -0.2) is 16.0 Å². The van der Waals surface area contributed by atoms with E-state index < -0.39 is 6.04 Å². The van der Waals surface area contributed by atoms with E-state index in [1.165, 1.54) is 0 Å². The Morgan fingerprint density at radius 3 is 2.71 bits per heavy atom. The summed E-state index contributed by atoms with van der Waals surface area (Å²) in [7, 11) is 0. The number of rotatable bonds is 7. The van der Waals surface area contributed by atoms with Crippen LogP contribution in [0.3, 0.4) is 0 Å². The monoisotopic (exact) mass is 397 g/mol. The minimum atomic E-state index is -0.542. The Morgan fingerprint density at radius 1 is 1.29 bits per heavy atom. The molecule has 3 aromatic rings. The first-order valence-electron chi connectivity index (χ1n) is 9.39. The number of phenolic OH excluding ortho intramolecular Hbond substituents is 1. The van der Waals surface area contributed by atoms with Gasteiger partial charge in [-0.2, -0.15) is 0 Å². The fourth-order valence-corrected chi connectivity index (χ4v) is 3.45.